The number of aromatic nitrogens is 2. The summed E-state index contributed by atoms with van der Waals surface area (Å²) in [6, 6.07) is 7.90. The molecule has 1 aliphatic heterocycles. The molecule has 0 N–H and O–H groups in total. The topological polar surface area (TPSA) is 38.1 Å². The monoisotopic (exact) mass is 257 g/mol. The molecule has 1 fully saturated rings. The second-order valence-corrected chi connectivity index (χ2v) is 5.03. The number of hydrogen-bond acceptors (Lipinski definition) is 3. The van der Waals surface area contributed by atoms with Gasteiger partial charge in [-0.2, -0.15) is 0 Å². The molecule has 0 aliphatic carbocycles. The third-order valence-corrected chi connectivity index (χ3v) is 3.75. The van der Waals surface area contributed by atoms with Crippen molar-refractivity contribution in [2.45, 2.75) is 32.6 Å². The highest BCUT2D eigenvalue weighted by Gasteiger charge is 2.17. The van der Waals surface area contributed by atoms with Crippen LogP contribution in [0.4, 0.5) is 0 Å². The normalized spacial score (nSPS) is 15.9. The van der Waals surface area contributed by atoms with Gasteiger partial charge in [-0.05, 0) is 37.8 Å². The molecule has 4 nitrogen and oxygen atoms in total. The minimum Gasteiger partial charge on any atom is -0.309 e. The quantitative estimate of drug-likeness (QED) is 0.826. The molecule has 1 saturated heterocycles. The molecule has 100 valence electrons. The van der Waals surface area contributed by atoms with Gasteiger partial charge < -0.3 is 5.01 Å². The molecule has 0 spiro atoms. The van der Waals surface area contributed by atoms with Gasteiger partial charge in [0.05, 0.1) is 11.0 Å². The molecule has 1 aromatic carbocycles. The Bertz CT molecular complexity index is 641. The maximum atomic E-state index is 12.6. The van der Waals surface area contributed by atoms with Crippen molar-refractivity contribution in [1.29, 1.82) is 0 Å². The summed E-state index contributed by atoms with van der Waals surface area (Å²) >= 11 is 0. The van der Waals surface area contributed by atoms with Crippen LogP contribution in [-0.2, 0) is 6.42 Å². The molecule has 0 bridgehead atoms. The van der Waals surface area contributed by atoms with Gasteiger partial charge in [0.1, 0.15) is 5.69 Å². The lowest BCUT2D eigenvalue weighted by atomic mass is 10.2. The van der Waals surface area contributed by atoms with E-state index in [1.807, 2.05) is 35.9 Å². The summed E-state index contributed by atoms with van der Waals surface area (Å²) in [7, 11) is 0. The number of aryl methyl sites for hydroxylation is 1. The van der Waals surface area contributed by atoms with E-state index in [0.29, 0.717) is 12.1 Å². The summed E-state index contributed by atoms with van der Waals surface area (Å²) in [6.45, 7) is 3.90. The molecule has 0 atom stereocenters. The van der Waals surface area contributed by atoms with Crippen molar-refractivity contribution in [2.24, 2.45) is 0 Å². The fraction of sp³-hybridized carbons (Fsp3) is 0.467. The fourth-order valence-corrected chi connectivity index (χ4v) is 2.75. The van der Waals surface area contributed by atoms with Crippen LogP contribution in [0.2, 0.25) is 0 Å². The summed E-state index contributed by atoms with van der Waals surface area (Å²) in [5.41, 5.74) is 2.53. The van der Waals surface area contributed by atoms with Gasteiger partial charge in [0.25, 0.3) is 5.56 Å². The summed E-state index contributed by atoms with van der Waals surface area (Å²) in [5, 5.41) is 2.18. The fourth-order valence-electron chi connectivity index (χ4n) is 2.75. The largest absolute Gasteiger partial charge is 0.309 e. The van der Waals surface area contributed by atoms with Crippen LogP contribution < -0.4 is 10.6 Å². The Labute approximate surface area is 112 Å². The molecular formula is C15H19N3O. The first-order valence-electron chi connectivity index (χ1n) is 7.07. The molecule has 3 rings (SSSR count). The molecule has 2 aromatic rings. The predicted molar refractivity (Wildman–Crippen MR) is 77.2 cm³/mol. The first kappa shape index (κ1) is 12.2. The average Bonchev–Trinajstić information content (AvgIpc) is 2.47. The Balaban J connectivity index is 2.24. The minimum absolute atomic E-state index is 0.0445. The number of piperidine rings is 1. The highest BCUT2D eigenvalue weighted by atomic mass is 16.1. The van der Waals surface area contributed by atoms with Gasteiger partial charge in [-0.1, -0.05) is 19.1 Å². The van der Waals surface area contributed by atoms with Crippen LogP contribution >= 0.6 is 0 Å². The lowest BCUT2D eigenvalue weighted by Gasteiger charge is -2.31. The first-order chi connectivity index (χ1) is 9.31. The van der Waals surface area contributed by atoms with E-state index in [1.165, 1.54) is 6.42 Å². The SMILES string of the molecule is CCc1nc2ccccc2n(N2CCCCC2)c1=O. The van der Waals surface area contributed by atoms with Crippen molar-refractivity contribution in [3.05, 3.63) is 40.3 Å². The third kappa shape index (κ3) is 2.11. The lowest BCUT2D eigenvalue weighted by Crippen LogP contribution is -2.46. The second kappa shape index (κ2) is 5.03. The van der Waals surface area contributed by atoms with Crippen molar-refractivity contribution >= 4 is 11.0 Å². The summed E-state index contributed by atoms with van der Waals surface area (Å²) in [5.74, 6) is 0. The van der Waals surface area contributed by atoms with Crippen LogP contribution in [0.25, 0.3) is 11.0 Å². The van der Waals surface area contributed by atoms with E-state index < -0.39 is 0 Å². The van der Waals surface area contributed by atoms with E-state index in [2.05, 4.69) is 9.99 Å². The maximum absolute atomic E-state index is 12.6. The molecule has 19 heavy (non-hydrogen) atoms. The van der Waals surface area contributed by atoms with Crippen LogP contribution in [0.1, 0.15) is 31.9 Å². The number of fused-ring (bicyclic) bond motifs is 1. The van der Waals surface area contributed by atoms with Gasteiger partial charge in [0, 0.05) is 13.1 Å². The Morgan fingerprint density at radius 2 is 1.89 bits per heavy atom. The molecule has 0 radical (unpaired) electrons. The molecule has 0 unspecified atom stereocenters. The number of rotatable bonds is 2. The van der Waals surface area contributed by atoms with Crippen LogP contribution in [0, 0.1) is 0 Å². The minimum atomic E-state index is 0.0445. The van der Waals surface area contributed by atoms with Gasteiger partial charge in [0.15, 0.2) is 0 Å². The maximum Gasteiger partial charge on any atom is 0.291 e. The lowest BCUT2D eigenvalue weighted by molar-refractivity contribution is 0.476. The van der Waals surface area contributed by atoms with Crippen molar-refractivity contribution < 1.29 is 0 Å². The molecule has 0 saturated carbocycles. The van der Waals surface area contributed by atoms with E-state index in [4.69, 9.17) is 0 Å². The first-order valence-corrected chi connectivity index (χ1v) is 7.07. The van der Waals surface area contributed by atoms with Crippen LogP contribution in [-0.4, -0.2) is 22.7 Å². The number of benzene rings is 1. The number of nitrogens with zero attached hydrogens (tertiary/aromatic N) is 3. The van der Waals surface area contributed by atoms with Gasteiger partial charge in [-0.25, -0.2) is 9.66 Å². The second-order valence-electron chi connectivity index (χ2n) is 5.03. The van der Waals surface area contributed by atoms with Crippen molar-refractivity contribution in [3.8, 4) is 0 Å². The molecule has 2 heterocycles. The van der Waals surface area contributed by atoms with Crippen molar-refractivity contribution in [3.63, 3.8) is 0 Å². The van der Waals surface area contributed by atoms with Crippen molar-refractivity contribution in [2.75, 3.05) is 18.1 Å². The van der Waals surface area contributed by atoms with Gasteiger partial charge >= 0.3 is 0 Å². The third-order valence-electron chi connectivity index (χ3n) is 3.75. The zero-order chi connectivity index (χ0) is 13.2. The van der Waals surface area contributed by atoms with Crippen LogP contribution in [0.3, 0.4) is 0 Å². The Hall–Kier alpha value is -1.84. The summed E-state index contributed by atoms with van der Waals surface area (Å²) in [4.78, 5) is 17.1. The Kier molecular flexibility index (Phi) is 3.23. The standard InChI is InChI=1S/C15H19N3O/c1-2-12-15(19)18(17-10-6-3-7-11-17)14-9-5-4-8-13(14)16-12/h4-5,8-9H,2-3,6-7,10-11H2,1H3. The predicted octanol–water partition coefficient (Wildman–Crippen LogP) is 2.08. The Morgan fingerprint density at radius 1 is 1.16 bits per heavy atom. The number of hydrogen-bond donors (Lipinski definition) is 0. The smallest absolute Gasteiger partial charge is 0.291 e. The van der Waals surface area contributed by atoms with Gasteiger partial charge in [-0.3, -0.25) is 4.79 Å². The Morgan fingerprint density at radius 3 is 2.63 bits per heavy atom. The van der Waals surface area contributed by atoms with Gasteiger partial charge in [-0.15, -0.1) is 0 Å². The van der Waals surface area contributed by atoms with E-state index in [0.717, 1.165) is 37.0 Å². The van der Waals surface area contributed by atoms with Crippen molar-refractivity contribution in [1.82, 2.24) is 9.66 Å². The van der Waals surface area contributed by atoms with E-state index in [9.17, 15) is 4.79 Å². The van der Waals surface area contributed by atoms with Crippen LogP contribution in [0.15, 0.2) is 29.1 Å². The summed E-state index contributed by atoms with van der Waals surface area (Å²) in [6.07, 6.45) is 4.25. The van der Waals surface area contributed by atoms with Crippen LogP contribution in [0.5, 0.6) is 0 Å². The van der Waals surface area contributed by atoms with E-state index in [-0.39, 0.29) is 5.56 Å². The number of para-hydroxylation sites is 2. The van der Waals surface area contributed by atoms with E-state index in [1.54, 1.807) is 0 Å². The molecule has 4 heteroatoms. The highest BCUT2D eigenvalue weighted by molar-refractivity contribution is 5.75. The molecule has 1 aliphatic rings. The summed E-state index contributed by atoms with van der Waals surface area (Å²) < 4.78 is 1.85. The average molecular weight is 257 g/mol. The van der Waals surface area contributed by atoms with Gasteiger partial charge in [0.2, 0.25) is 0 Å². The zero-order valence-corrected chi connectivity index (χ0v) is 11.3. The molecule has 0 amide bonds. The molecular weight excluding hydrogens is 238 g/mol. The highest BCUT2D eigenvalue weighted by Crippen LogP contribution is 2.14. The zero-order valence-electron chi connectivity index (χ0n) is 11.3. The molecule has 1 aromatic heterocycles. The van der Waals surface area contributed by atoms with E-state index >= 15 is 0 Å².